The standard InChI is InChI=1S/C34H37N3O3/c1-6-11-23(3)24(4)31-16-14-25(26-18-29(22-35-20-26)40-28-12-9-8-10-13-28)19-32(31)30(7-2)34(38)37-27-15-17-33(39-5)36-21-27/h7-10,12-24H,6,11H2,1-5H3,(H,37,38). The summed E-state index contributed by atoms with van der Waals surface area (Å²) in [6.45, 7) is 8.62. The Morgan fingerprint density at radius 2 is 1.75 bits per heavy atom. The highest BCUT2D eigenvalue weighted by molar-refractivity contribution is 6.25. The fraction of sp³-hybridized carbons (Fsp3) is 0.265. The number of hydrogen-bond donors (Lipinski definition) is 1. The fourth-order valence-corrected chi connectivity index (χ4v) is 4.82. The zero-order valence-electron chi connectivity index (χ0n) is 23.8. The highest BCUT2D eigenvalue weighted by atomic mass is 16.5. The Balaban J connectivity index is 1.71. The summed E-state index contributed by atoms with van der Waals surface area (Å²) < 4.78 is 11.2. The zero-order chi connectivity index (χ0) is 28.5. The molecule has 2 unspecified atom stereocenters. The smallest absolute Gasteiger partial charge is 0.255 e. The number of nitrogens with zero attached hydrogens (tertiary/aromatic N) is 2. The first kappa shape index (κ1) is 28.6. The van der Waals surface area contributed by atoms with Crippen LogP contribution < -0.4 is 14.8 Å². The van der Waals surface area contributed by atoms with Crippen LogP contribution in [-0.4, -0.2) is 23.0 Å². The van der Waals surface area contributed by atoms with Crippen molar-refractivity contribution in [3.8, 4) is 28.5 Å². The molecule has 0 fully saturated rings. The van der Waals surface area contributed by atoms with Gasteiger partial charge in [-0.2, -0.15) is 0 Å². The van der Waals surface area contributed by atoms with Crippen molar-refractivity contribution < 1.29 is 14.3 Å². The van der Waals surface area contributed by atoms with Crippen LogP contribution in [0.5, 0.6) is 17.4 Å². The van der Waals surface area contributed by atoms with E-state index < -0.39 is 0 Å². The van der Waals surface area contributed by atoms with Gasteiger partial charge < -0.3 is 14.8 Å². The Bertz CT molecular complexity index is 1450. The van der Waals surface area contributed by atoms with E-state index in [0.29, 0.717) is 28.8 Å². The molecule has 2 aromatic heterocycles. The Hall–Kier alpha value is -4.45. The molecule has 0 aliphatic carbocycles. The Labute approximate surface area is 237 Å². The quantitative estimate of drug-likeness (QED) is 0.195. The summed E-state index contributed by atoms with van der Waals surface area (Å²) in [4.78, 5) is 22.2. The van der Waals surface area contributed by atoms with Crippen LogP contribution in [-0.2, 0) is 4.79 Å². The van der Waals surface area contributed by atoms with Gasteiger partial charge in [-0.15, -0.1) is 0 Å². The fourth-order valence-electron chi connectivity index (χ4n) is 4.82. The molecule has 2 aromatic carbocycles. The monoisotopic (exact) mass is 535 g/mol. The van der Waals surface area contributed by atoms with Gasteiger partial charge in [0.15, 0.2) is 0 Å². The van der Waals surface area contributed by atoms with Gasteiger partial charge in [0, 0.05) is 23.4 Å². The molecule has 0 radical (unpaired) electrons. The largest absolute Gasteiger partial charge is 0.481 e. The van der Waals surface area contributed by atoms with Gasteiger partial charge in [-0.05, 0) is 65.8 Å². The number of methoxy groups -OCH3 is 1. The third-order valence-corrected chi connectivity index (χ3v) is 7.19. The van der Waals surface area contributed by atoms with Crippen molar-refractivity contribution >= 4 is 17.2 Å². The number of nitrogens with one attached hydrogen (secondary N) is 1. The molecule has 0 bridgehead atoms. The molecule has 2 atom stereocenters. The topological polar surface area (TPSA) is 73.3 Å². The van der Waals surface area contributed by atoms with Crippen molar-refractivity contribution in [1.29, 1.82) is 0 Å². The number of carbonyl (C=O) groups excluding carboxylic acids is 1. The normalized spacial score (nSPS) is 12.9. The van der Waals surface area contributed by atoms with Gasteiger partial charge in [0.1, 0.15) is 11.5 Å². The molecule has 0 spiro atoms. The summed E-state index contributed by atoms with van der Waals surface area (Å²) in [7, 11) is 1.56. The van der Waals surface area contributed by atoms with Crippen molar-refractivity contribution in [2.75, 3.05) is 12.4 Å². The molecule has 6 nitrogen and oxygen atoms in total. The van der Waals surface area contributed by atoms with Crippen LogP contribution in [0.4, 0.5) is 5.69 Å². The van der Waals surface area contributed by atoms with Gasteiger partial charge in [-0.3, -0.25) is 9.78 Å². The van der Waals surface area contributed by atoms with E-state index in [1.807, 2.05) is 55.6 Å². The molecule has 4 aromatic rings. The maximum atomic E-state index is 13.6. The number of pyridine rings is 2. The molecular formula is C34H37N3O3. The van der Waals surface area contributed by atoms with Gasteiger partial charge in [-0.25, -0.2) is 4.98 Å². The molecule has 206 valence electrons. The average Bonchev–Trinajstić information content (AvgIpc) is 2.98. The maximum Gasteiger partial charge on any atom is 0.255 e. The summed E-state index contributed by atoms with van der Waals surface area (Å²) in [6, 6.07) is 21.5. The first-order valence-electron chi connectivity index (χ1n) is 13.7. The minimum absolute atomic E-state index is 0.192. The van der Waals surface area contributed by atoms with Crippen LogP contribution in [0, 0.1) is 5.92 Å². The summed E-state index contributed by atoms with van der Waals surface area (Å²) in [5.74, 6) is 2.42. The second-order valence-electron chi connectivity index (χ2n) is 9.93. The molecule has 0 aliphatic heterocycles. The number of rotatable bonds is 11. The lowest BCUT2D eigenvalue weighted by Gasteiger charge is -2.24. The molecule has 40 heavy (non-hydrogen) atoms. The lowest BCUT2D eigenvalue weighted by molar-refractivity contribution is -0.111. The number of para-hydroxylation sites is 1. The van der Waals surface area contributed by atoms with Gasteiger partial charge in [0.2, 0.25) is 5.88 Å². The molecule has 0 saturated carbocycles. The highest BCUT2D eigenvalue weighted by Gasteiger charge is 2.22. The van der Waals surface area contributed by atoms with E-state index in [4.69, 9.17) is 9.47 Å². The molecular weight excluding hydrogens is 498 g/mol. The number of anilines is 1. The second-order valence-corrected chi connectivity index (χ2v) is 9.93. The van der Waals surface area contributed by atoms with Gasteiger partial charge in [0.05, 0.1) is 25.2 Å². The summed E-state index contributed by atoms with van der Waals surface area (Å²) >= 11 is 0. The number of amides is 1. The Morgan fingerprint density at radius 3 is 2.42 bits per heavy atom. The number of carbonyl (C=O) groups is 1. The minimum atomic E-state index is -0.192. The van der Waals surface area contributed by atoms with E-state index in [9.17, 15) is 4.79 Å². The summed E-state index contributed by atoms with van der Waals surface area (Å²) in [5.41, 5.74) is 5.12. The zero-order valence-corrected chi connectivity index (χ0v) is 23.8. The maximum absolute atomic E-state index is 13.6. The number of aromatic nitrogens is 2. The van der Waals surface area contributed by atoms with Crippen LogP contribution >= 0.6 is 0 Å². The third-order valence-electron chi connectivity index (χ3n) is 7.19. The molecule has 0 saturated heterocycles. The van der Waals surface area contributed by atoms with E-state index in [1.165, 1.54) is 0 Å². The highest BCUT2D eigenvalue weighted by Crippen LogP contribution is 2.37. The van der Waals surface area contributed by atoms with Gasteiger partial charge in [-0.1, -0.05) is 70.0 Å². The van der Waals surface area contributed by atoms with Crippen LogP contribution in [0.2, 0.25) is 0 Å². The third kappa shape index (κ3) is 6.94. The summed E-state index contributed by atoms with van der Waals surface area (Å²) in [6.07, 6.45) is 9.21. The number of ether oxygens (including phenoxy) is 2. The number of benzene rings is 2. The van der Waals surface area contributed by atoms with Crippen LogP contribution in [0.15, 0.2) is 91.4 Å². The Morgan fingerprint density at radius 1 is 0.950 bits per heavy atom. The predicted molar refractivity (Wildman–Crippen MR) is 162 cm³/mol. The van der Waals surface area contributed by atoms with E-state index in [0.717, 1.165) is 40.8 Å². The van der Waals surface area contributed by atoms with Crippen LogP contribution in [0.1, 0.15) is 57.6 Å². The molecule has 4 rings (SSSR count). The predicted octanol–water partition coefficient (Wildman–Crippen LogP) is 8.53. The van der Waals surface area contributed by atoms with Crippen molar-refractivity contribution in [3.63, 3.8) is 0 Å². The lowest BCUT2D eigenvalue weighted by atomic mass is 9.81. The first-order valence-corrected chi connectivity index (χ1v) is 13.7. The van der Waals surface area contributed by atoms with Crippen molar-refractivity contribution in [3.05, 3.63) is 103 Å². The van der Waals surface area contributed by atoms with Gasteiger partial charge in [0.25, 0.3) is 5.91 Å². The van der Waals surface area contributed by atoms with E-state index >= 15 is 0 Å². The lowest BCUT2D eigenvalue weighted by Crippen LogP contribution is -2.16. The van der Waals surface area contributed by atoms with Crippen molar-refractivity contribution in [2.24, 2.45) is 5.92 Å². The molecule has 2 heterocycles. The minimum Gasteiger partial charge on any atom is -0.481 e. The number of allylic oxidation sites excluding steroid dienone is 1. The van der Waals surface area contributed by atoms with E-state index in [1.54, 1.807) is 31.6 Å². The summed E-state index contributed by atoms with van der Waals surface area (Å²) in [5, 5.41) is 3.00. The Kier molecular flexibility index (Phi) is 9.68. The van der Waals surface area contributed by atoms with E-state index in [-0.39, 0.29) is 11.8 Å². The van der Waals surface area contributed by atoms with Crippen LogP contribution in [0.3, 0.4) is 0 Å². The van der Waals surface area contributed by atoms with Gasteiger partial charge >= 0.3 is 0 Å². The van der Waals surface area contributed by atoms with Crippen LogP contribution in [0.25, 0.3) is 16.7 Å². The van der Waals surface area contributed by atoms with Crippen molar-refractivity contribution in [1.82, 2.24) is 9.97 Å². The first-order chi connectivity index (χ1) is 19.4. The van der Waals surface area contributed by atoms with Crippen molar-refractivity contribution in [2.45, 2.75) is 46.5 Å². The molecule has 0 aliphatic rings. The molecule has 1 N–H and O–H groups in total. The number of hydrogen-bond acceptors (Lipinski definition) is 5. The van der Waals surface area contributed by atoms with E-state index in [2.05, 4.69) is 54.3 Å². The molecule has 1 amide bonds. The average molecular weight is 536 g/mol. The second kappa shape index (κ2) is 13.6. The SMILES string of the molecule is CC=C(C(=O)Nc1ccc(OC)nc1)c1cc(-c2cncc(Oc3ccccc3)c2)ccc1C(C)C(C)CCC. The molecule has 6 heteroatoms.